The second-order valence-corrected chi connectivity index (χ2v) is 6.23. The lowest BCUT2D eigenvalue weighted by molar-refractivity contribution is 0.182. The first kappa shape index (κ1) is 18.1. The van der Waals surface area contributed by atoms with E-state index in [2.05, 4.69) is 52.9 Å². The van der Waals surface area contributed by atoms with E-state index >= 15 is 0 Å². The van der Waals surface area contributed by atoms with Crippen LogP contribution in [-0.4, -0.2) is 52.1 Å². The van der Waals surface area contributed by atoms with E-state index in [1.807, 2.05) is 18.2 Å². The Labute approximate surface area is 144 Å². The molecule has 1 N–H and O–H groups in total. The number of hydrogen-bond acceptors (Lipinski definition) is 6. The molecule has 6 nitrogen and oxygen atoms in total. The largest absolute Gasteiger partial charge is 0.481 e. The third-order valence-electron chi connectivity index (χ3n) is 3.91. The molecule has 0 bridgehead atoms. The first-order valence-electron chi connectivity index (χ1n) is 8.33. The number of rotatable bonds is 8. The van der Waals surface area contributed by atoms with Gasteiger partial charge in [0, 0.05) is 49.1 Å². The van der Waals surface area contributed by atoms with Gasteiger partial charge in [0.25, 0.3) is 0 Å². The number of pyridine rings is 1. The van der Waals surface area contributed by atoms with Gasteiger partial charge in [0.15, 0.2) is 0 Å². The van der Waals surface area contributed by atoms with Crippen molar-refractivity contribution in [1.29, 1.82) is 0 Å². The molecule has 2 heterocycles. The van der Waals surface area contributed by atoms with E-state index < -0.39 is 0 Å². The maximum absolute atomic E-state index is 5.08. The van der Waals surface area contributed by atoms with Gasteiger partial charge in [0.05, 0.1) is 12.8 Å². The van der Waals surface area contributed by atoms with Crippen LogP contribution >= 0.6 is 0 Å². The summed E-state index contributed by atoms with van der Waals surface area (Å²) in [7, 11) is 1.60. The number of anilines is 1. The van der Waals surface area contributed by atoms with E-state index in [1.165, 1.54) is 0 Å². The molecule has 2 rings (SSSR count). The van der Waals surface area contributed by atoms with Crippen molar-refractivity contribution in [2.75, 3.05) is 25.5 Å². The van der Waals surface area contributed by atoms with E-state index in [0.29, 0.717) is 18.0 Å². The van der Waals surface area contributed by atoms with Gasteiger partial charge >= 0.3 is 0 Å². The van der Waals surface area contributed by atoms with Crippen molar-refractivity contribution in [2.24, 2.45) is 0 Å². The van der Waals surface area contributed by atoms with Crippen molar-refractivity contribution in [2.45, 2.75) is 39.8 Å². The zero-order chi connectivity index (χ0) is 17.5. The summed E-state index contributed by atoms with van der Waals surface area (Å²) in [5.41, 5.74) is 1.78. The molecule has 0 radical (unpaired) electrons. The summed E-state index contributed by atoms with van der Waals surface area (Å²) < 4.78 is 5.08. The Morgan fingerprint density at radius 1 is 1.08 bits per heavy atom. The minimum absolute atomic E-state index is 0.526. The summed E-state index contributed by atoms with van der Waals surface area (Å²) >= 11 is 0. The summed E-state index contributed by atoms with van der Waals surface area (Å²) in [6, 6.07) is 6.76. The first-order valence-corrected chi connectivity index (χ1v) is 8.33. The van der Waals surface area contributed by atoms with E-state index in [0.717, 1.165) is 30.2 Å². The predicted octanol–water partition coefficient (Wildman–Crippen LogP) is 3.08. The highest BCUT2D eigenvalue weighted by Crippen LogP contribution is 2.19. The van der Waals surface area contributed by atoms with Crippen molar-refractivity contribution in [3.8, 4) is 17.1 Å². The van der Waals surface area contributed by atoms with Gasteiger partial charge in [-0.15, -0.1) is 0 Å². The average molecular weight is 329 g/mol. The van der Waals surface area contributed by atoms with Crippen LogP contribution in [0, 0.1) is 0 Å². The summed E-state index contributed by atoms with van der Waals surface area (Å²) in [5.74, 6) is 1.41. The fourth-order valence-electron chi connectivity index (χ4n) is 2.69. The van der Waals surface area contributed by atoms with Gasteiger partial charge < -0.3 is 10.1 Å². The van der Waals surface area contributed by atoms with Crippen LogP contribution in [0.2, 0.25) is 0 Å². The highest BCUT2D eigenvalue weighted by atomic mass is 16.5. The zero-order valence-electron chi connectivity index (χ0n) is 15.2. The van der Waals surface area contributed by atoms with Crippen LogP contribution in [0.15, 0.2) is 30.7 Å². The Bertz CT molecular complexity index is 620. The maximum Gasteiger partial charge on any atom is 0.212 e. The van der Waals surface area contributed by atoms with Gasteiger partial charge in [-0.2, -0.15) is 0 Å². The van der Waals surface area contributed by atoms with Gasteiger partial charge in [-0.25, -0.2) is 15.0 Å². The zero-order valence-corrected chi connectivity index (χ0v) is 15.2. The Morgan fingerprint density at radius 3 is 2.42 bits per heavy atom. The van der Waals surface area contributed by atoms with E-state index in [4.69, 9.17) is 4.74 Å². The summed E-state index contributed by atoms with van der Waals surface area (Å²) in [5, 5.41) is 3.38. The summed E-state index contributed by atoms with van der Waals surface area (Å²) in [6.07, 6.45) is 3.33. The summed E-state index contributed by atoms with van der Waals surface area (Å²) in [4.78, 5) is 15.3. The van der Waals surface area contributed by atoms with Crippen LogP contribution in [-0.2, 0) is 0 Å². The molecule has 0 unspecified atom stereocenters. The molecule has 0 aliphatic carbocycles. The number of methoxy groups -OCH3 is 1. The smallest absolute Gasteiger partial charge is 0.212 e. The van der Waals surface area contributed by atoms with Crippen LogP contribution in [0.3, 0.4) is 0 Å². The monoisotopic (exact) mass is 329 g/mol. The minimum Gasteiger partial charge on any atom is -0.481 e. The Balaban J connectivity index is 1.99. The van der Waals surface area contributed by atoms with Crippen LogP contribution in [0.4, 0.5) is 5.82 Å². The summed E-state index contributed by atoms with van der Waals surface area (Å²) in [6.45, 7) is 10.7. The number of nitrogens with one attached hydrogen (secondary N) is 1. The number of ether oxygens (including phenoxy) is 1. The number of aromatic nitrogens is 3. The number of hydrogen-bond donors (Lipinski definition) is 1. The second-order valence-electron chi connectivity index (χ2n) is 6.23. The Morgan fingerprint density at radius 2 is 1.83 bits per heavy atom. The molecule has 0 saturated carbocycles. The molecule has 24 heavy (non-hydrogen) atoms. The van der Waals surface area contributed by atoms with Crippen molar-refractivity contribution in [3.63, 3.8) is 0 Å². The third-order valence-corrected chi connectivity index (χ3v) is 3.91. The van der Waals surface area contributed by atoms with Crippen LogP contribution < -0.4 is 10.1 Å². The number of nitrogens with zero attached hydrogens (tertiary/aromatic N) is 4. The molecular weight excluding hydrogens is 302 g/mol. The SMILES string of the molecule is COc1ccc(-c2cc(NCCN(C(C)C)C(C)C)ncn2)cn1. The van der Waals surface area contributed by atoms with E-state index in [9.17, 15) is 0 Å². The van der Waals surface area contributed by atoms with E-state index in [1.54, 1.807) is 19.6 Å². The van der Waals surface area contributed by atoms with Gasteiger partial charge in [0.2, 0.25) is 5.88 Å². The standard InChI is InChI=1S/C18H27N5O/c1-13(2)23(14(3)4)9-8-19-17-10-16(21-12-22-17)15-6-7-18(24-5)20-11-15/h6-7,10-14H,8-9H2,1-5H3,(H,19,21,22). The molecule has 0 aliphatic heterocycles. The molecule has 2 aromatic heterocycles. The molecule has 0 atom stereocenters. The minimum atomic E-state index is 0.526. The maximum atomic E-state index is 5.08. The second kappa shape index (κ2) is 8.59. The lowest BCUT2D eigenvalue weighted by Crippen LogP contribution is -2.40. The molecule has 0 fully saturated rings. The predicted molar refractivity (Wildman–Crippen MR) is 97.3 cm³/mol. The van der Waals surface area contributed by atoms with E-state index in [-0.39, 0.29) is 0 Å². The molecule has 0 saturated heterocycles. The fourth-order valence-corrected chi connectivity index (χ4v) is 2.69. The molecule has 0 aliphatic rings. The van der Waals surface area contributed by atoms with Crippen LogP contribution in [0.5, 0.6) is 5.88 Å². The van der Waals surface area contributed by atoms with Gasteiger partial charge in [-0.1, -0.05) is 0 Å². The quantitative estimate of drug-likeness (QED) is 0.803. The highest BCUT2D eigenvalue weighted by molar-refractivity contribution is 5.61. The average Bonchev–Trinajstić information content (AvgIpc) is 2.58. The lowest BCUT2D eigenvalue weighted by atomic mass is 10.2. The van der Waals surface area contributed by atoms with Gasteiger partial charge in [-0.3, -0.25) is 4.90 Å². The normalized spacial score (nSPS) is 11.3. The van der Waals surface area contributed by atoms with Crippen LogP contribution in [0.25, 0.3) is 11.3 Å². The van der Waals surface area contributed by atoms with Gasteiger partial charge in [-0.05, 0) is 33.8 Å². The molecule has 0 spiro atoms. The molecule has 2 aromatic rings. The van der Waals surface area contributed by atoms with Crippen molar-refractivity contribution < 1.29 is 4.74 Å². The molecular formula is C18H27N5O. The molecule has 0 amide bonds. The Kier molecular flexibility index (Phi) is 6.49. The first-order chi connectivity index (χ1) is 11.5. The van der Waals surface area contributed by atoms with Crippen LogP contribution in [0.1, 0.15) is 27.7 Å². The van der Waals surface area contributed by atoms with Crippen molar-refractivity contribution in [3.05, 3.63) is 30.7 Å². The fraction of sp³-hybridized carbons (Fsp3) is 0.500. The highest BCUT2D eigenvalue weighted by Gasteiger charge is 2.12. The third kappa shape index (κ3) is 4.89. The van der Waals surface area contributed by atoms with Crippen molar-refractivity contribution in [1.82, 2.24) is 19.9 Å². The molecule has 0 aromatic carbocycles. The van der Waals surface area contributed by atoms with Gasteiger partial charge in [0.1, 0.15) is 12.1 Å². The Hall–Kier alpha value is -2.21. The van der Waals surface area contributed by atoms with Crippen molar-refractivity contribution >= 4 is 5.82 Å². The topological polar surface area (TPSA) is 63.2 Å². The molecule has 6 heteroatoms. The lowest BCUT2D eigenvalue weighted by Gasteiger charge is -2.30. The molecule has 130 valence electrons.